The van der Waals surface area contributed by atoms with Crippen molar-refractivity contribution in [3.63, 3.8) is 0 Å². The molecule has 2 radical (unpaired) electrons. The molecule has 3 heteroatoms. The zero-order valence-electron chi connectivity index (χ0n) is 8.32. The molecule has 0 bridgehead atoms. The van der Waals surface area contributed by atoms with Crippen molar-refractivity contribution >= 4 is 33.5 Å². The topological polar surface area (TPSA) is 0 Å². The molecule has 0 aliphatic heterocycles. The summed E-state index contributed by atoms with van der Waals surface area (Å²) < 4.78 is 1.31. The van der Waals surface area contributed by atoms with Gasteiger partial charge >= 0.3 is 69.5 Å². The van der Waals surface area contributed by atoms with E-state index in [-0.39, 0.29) is 38.3 Å². The molecule has 0 aliphatic rings. The fourth-order valence-electron chi connectivity index (χ4n) is 1.12. The van der Waals surface area contributed by atoms with Gasteiger partial charge in [0.15, 0.2) is 0 Å². The van der Waals surface area contributed by atoms with Gasteiger partial charge in [0.05, 0.1) is 0 Å². The molecular formula is C8H20ClFSn. The second kappa shape index (κ2) is 5.63. The van der Waals surface area contributed by atoms with Gasteiger partial charge in [-0.1, -0.05) is 0 Å². The van der Waals surface area contributed by atoms with Gasteiger partial charge in [-0.25, -0.2) is 0 Å². The maximum atomic E-state index is 2.37. The van der Waals surface area contributed by atoms with Gasteiger partial charge in [-0.3, -0.25) is 4.70 Å². The van der Waals surface area contributed by atoms with Crippen LogP contribution in [0.4, 0.5) is 4.70 Å². The summed E-state index contributed by atoms with van der Waals surface area (Å²) >= 11 is -0.182. The minimum atomic E-state index is -0.182. The quantitative estimate of drug-likeness (QED) is 0.597. The third kappa shape index (κ3) is 18.2. The summed E-state index contributed by atoms with van der Waals surface area (Å²) in [6.07, 6.45) is 0. The zero-order chi connectivity index (χ0) is 7.71. The summed E-state index contributed by atoms with van der Waals surface area (Å²) in [6.45, 7) is 14.2. The second-order valence-corrected chi connectivity index (χ2v) is 13.9. The summed E-state index contributed by atoms with van der Waals surface area (Å²) in [5, 5.41) is 0. The largest absolute Gasteiger partial charge is 0.269 e. The third-order valence-corrected chi connectivity index (χ3v) is 5.03. The van der Waals surface area contributed by atoms with Crippen molar-refractivity contribution in [3.8, 4) is 0 Å². The molecule has 0 saturated heterocycles. The molecule has 0 atom stereocenters. The Labute approximate surface area is 86.5 Å². The molecule has 11 heavy (non-hydrogen) atoms. The minimum absolute atomic E-state index is 0. The van der Waals surface area contributed by atoms with Crippen LogP contribution in [-0.2, 0) is 0 Å². The van der Waals surface area contributed by atoms with E-state index in [0.717, 1.165) is 0 Å². The van der Waals surface area contributed by atoms with Crippen LogP contribution >= 0.6 is 12.4 Å². The molecule has 0 amide bonds. The zero-order valence-corrected chi connectivity index (χ0v) is 12.0. The van der Waals surface area contributed by atoms with Gasteiger partial charge in [-0.05, 0) is 0 Å². The molecule has 0 aromatic rings. The van der Waals surface area contributed by atoms with E-state index in [1.165, 1.54) is 0 Å². The molecule has 0 aliphatic carbocycles. The van der Waals surface area contributed by atoms with Crippen LogP contribution in [0.15, 0.2) is 0 Å². The van der Waals surface area contributed by atoms with Crippen LogP contribution in [0.2, 0.25) is 6.86 Å². The first-order valence-electron chi connectivity index (χ1n) is 3.50. The number of hydrogen-bond donors (Lipinski definition) is 0. The van der Waals surface area contributed by atoms with Gasteiger partial charge in [0.2, 0.25) is 0 Å². The van der Waals surface area contributed by atoms with Crippen LogP contribution in [-0.4, -0.2) is 21.1 Å². The van der Waals surface area contributed by atoms with Crippen LogP contribution < -0.4 is 0 Å². The number of rotatable bonds is 0. The van der Waals surface area contributed by atoms with Gasteiger partial charge in [0, 0.05) is 0 Å². The molecule has 0 unspecified atom stereocenters. The van der Waals surface area contributed by atoms with E-state index in [0.29, 0.717) is 6.86 Å². The van der Waals surface area contributed by atoms with E-state index in [2.05, 4.69) is 41.5 Å². The fourth-order valence-corrected chi connectivity index (χ4v) is 7.55. The Kier molecular flexibility index (Phi) is 9.18. The van der Waals surface area contributed by atoms with Gasteiger partial charge < -0.3 is 0 Å². The molecule has 0 aromatic heterocycles. The van der Waals surface area contributed by atoms with Crippen molar-refractivity contribution in [2.45, 2.75) is 48.4 Å². The predicted octanol–water partition coefficient (Wildman–Crippen LogP) is 3.70. The van der Waals surface area contributed by atoms with E-state index in [4.69, 9.17) is 0 Å². The van der Waals surface area contributed by atoms with Gasteiger partial charge in [-0.2, -0.15) is 0 Å². The molecule has 0 fully saturated rings. The normalized spacial score (nSPS) is 11.5. The Morgan fingerprint density at radius 3 is 0.909 bits per heavy atom. The monoisotopic (exact) mass is 290 g/mol. The standard InChI is InChI=1S/2C4H9.ClH.FH.Sn/c2*1-4(2)3;;;/h2*1-3H3;2*1H;. The minimum Gasteiger partial charge on any atom is -0.269 e. The van der Waals surface area contributed by atoms with E-state index in [1.807, 2.05) is 0 Å². The van der Waals surface area contributed by atoms with Gasteiger partial charge in [-0.15, -0.1) is 12.4 Å². The van der Waals surface area contributed by atoms with Crippen molar-refractivity contribution < 1.29 is 4.70 Å². The van der Waals surface area contributed by atoms with E-state index in [1.54, 1.807) is 0 Å². The van der Waals surface area contributed by atoms with E-state index in [9.17, 15) is 0 Å². The fraction of sp³-hybridized carbons (Fsp3) is 1.00. The van der Waals surface area contributed by atoms with Crippen LogP contribution in [0.1, 0.15) is 41.5 Å². The van der Waals surface area contributed by atoms with Gasteiger partial charge in [0.25, 0.3) is 0 Å². The van der Waals surface area contributed by atoms with E-state index < -0.39 is 0 Å². The summed E-state index contributed by atoms with van der Waals surface area (Å²) in [4.78, 5) is 0. The van der Waals surface area contributed by atoms with Crippen LogP contribution in [0, 0.1) is 0 Å². The average Bonchev–Trinajstić information content (AvgIpc) is 1.14. The second-order valence-electron chi connectivity index (χ2n) is 4.62. The van der Waals surface area contributed by atoms with Crippen molar-refractivity contribution in [2.24, 2.45) is 0 Å². The van der Waals surface area contributed by atoms with Crippen LogP contribution in [0.25, 0.3) is 0 Å². The summed E-state index contributed by atoms with van der Waals surface area (Å²) in [7, 11) is 0. The molecule has 0 aromatic carbocycles. The molecule has 0 nitrogen and oxygen atoms in total. The Balaban J connectivity index is -0.000000320. The molecule has 0 heterocycles. The molecule has 0 rings (SSSR count). The number of halogens is 2. The van der Waals surface area contributed by atoms with Gasteiger partial charge in [0.1, 0.15) is 0 Å². The Morgan fingerprint density at radius 2 is 0.909 bits per heavy atom. The summed E-state index contributed by atoms with van der Waals surface area (Å²) in [5.74, 6) is 0. The van der Waals surface area contributed by atoms with E-state index >= 15 is 0 Å². The van der Waals surface area contributed by atoms with Crippen molar-refractivity contribution in [2.75, 3.05) is 0 Å². The first kappa shape index (κ1) is 17.9. The van der Waals surface area contributed by atoms with Crippen LogP contribution in [0.5, 0.6) is 0 Å². The average molecular weight is 289 g/mol. The Bertz CT molecular complexity index is 79.2. The first-order valence-corrected chi connectivity index (χ1v) is 6.35. The summed E-state index contributed by atoms with van der Waals surface area (Å²) in [5.41, 5.74) is 0. The number of hydrogen-bond acceptors (Lipinski definition) is 0. The Hall–Kier alpha value is 1.02. The van der Waals surface area contributed by atoms with Crippen molar-refractivity contribution in [3.05, 3.63) is 0 Å². The molecule has 0 N–H and O–H groups in total. The summed E-state index contributed by atoms with van der Waals surface area (Å²) in [6, 6.07) is 0. The smallest absolute Gasteiger partial charge is 0.147 e. The SMILES string of the molecule is C[C](C)(C)[Sn][C](C)(C)C.Cl.F. The molecular weight excluding hydrogens is 269 g/mol. The maximum absolute atomic E-state index is 2.37. The van der Waals surface area contributed by atoms with Crippen molar-refractivity contribution in [1.82, 2.24) is 0 Å². The molecule has 70 valence electrons. The predicted molar refractivity (Wildman–Crippen MR) is 54.9 cm³/mol. The maximum Gasteiger partial charge on any atom is -0.147 e. The molecule has 0 saturated carbocycles. The Morgan fingerprint density at radius 1 is 0.727 bits per heavy atom. The molecule has 0 spiro atoms. The first-order chi connectivity index (χ1) is 3.71. The van der Waals surface area contributed by atoms with Crippen molar-refractivity contribution in [1.29, 1.82) is 0 Å². The third-order valence-electron chi connectivity index (χ3n) is 0.750. The van der Waals surface area contributed by atoms with Crippen LogP contribution in [0.3, 0.4) is 0 Å².